The summed E-state index contributed by atoms with van der Waals surface area (Å²) in [6, 6.07) is 10.8. The van der Waals surface area contributed by atoms with E-state index in [4.69, 9.17) is 4.74 Å². The maximum absolute atomic E-state index is 12.5. The molecule has 1 aliphatic carbocycles. The Hall–Kier alpha value is -2.14. The van der Waals surface area contributed by atoms with Crippen LogP contribution in [0.25, 0.3) is 5.69 Å². The average Bonchev–Trinajstić information content (AvgIpc) is 3.27. The van der Waals surface area contributed by atoms with Gasteiger partial charge in [0.25, 0.3) is 0 Å². The van der Waals surface area contributed by atoms with Gasteiger partial charge in [0.05, 0.1) is 23.6 Å². The van der Waals surface area contributed by atoms with Crippen molar-refractivity contribution in [2.45, 2.75) is 78.0 Å². The third-order valence-electron chi connectivity index (χ3n) is 6.26. The van der Waals surface area contributed by atoms with E-state index in [9.17, 15) is 4.79 Å². The zero-order valence-corrected chi connectivity index (χ0v) is 18.0. The molecule has 1 amide bonds. The number of carbonyl (C=O) groups excluding carboxylic acids is 1. The number of fused-ring (bicyclic) bond motifs is 1. The summed E-state index contributed by atoms with van der Waals surface area (Å²) in [5, 5.41) is 7.96. The number of carbonyl (C=O) groups is 1. The second kappa shape index (κ2) is 8.31. The van der Waals surface area contributed by atoms with Gasteiger partial charge in [0, 0.05) is 24.1 Å². The van der Waals surface area contributed by atoms with Gasteiger partial charge < -0.3 is 10.1 Å². The Morgan fingerprint density at radius 1 is 1.28 bits per heavy atom. The van der Waals surface area contributed by atoms with Crippen LogP contribution in [0.5, 0.6) is 0 Å². The molecule has 1 aromatic carbocycles. The van der Waals surface area contributed by atoms with Crippen LogP contribution in [0.3, 0.4) is 0 Å². The lowest BCUT2D eigenvalue weighted by Gasteiger charge is -2.39. The van der Waals surface area contributed by atoms with Crippen molar-refractivity contribution in [3.8, 4) is 5.69 Å². The van der Waals surface area contributed by atoms with Gasteiger partial charge in [-0.05, 0) is 62.8 Å². The van der Waals surface area contributed by atoms with Gasteiger partial charge in [-0.1, -0.05) is 32.4 Å². The Labute approximate surface area is 173 Å². The van der Waals surface area contributed by atoms with Crippen LogP contribution in [-0.2, 0) is 9.53 Å². The van der Waals surface area contributed by atoms with Crippen molar-refractivity contribution in [3.63, 3.8) is 0 Å². The Morgan fingerprint density at radius 3 is 2.83 bits per heavy atom. The zero-order valence-electron chi connectivity index (χ0n) is 18.0. The van der Waals surface area contributed by atoms with E-state index >= 15 is 0 Å². The fraction of sp³-hybridized carbons (Fsp3) is 0.583. The predicted octanol–water partition coefficient (Wildman–Crippen LogP) is 4.65. The highest BCUT2D eigenvalue weighted by atomic mass is 16.5. The molecular weight excluding hydrogens is 362 g/mol. The van der Waals surface area contributed by atoms with Gasteiger partial charge in [-0.2, -0.15) is 5.10 Å². The zero-order chi connectivity index (χ0) is 20.5. The Bertz CT molecular complexity index is 873. The van der Waals surface area contributed by atoms with Crippen molar-refractivity contribution in [1.29, 1.82) is 0 Å². The first-order valence-corrected chi connectivity index (χ1v) is 11.0. The summed E-state index contributed by atoms with van der Waals surface area (Å²) < 4.78 is 8.52. The summed E-state index contributed by atoms with van der Waals surface area (Å²) >= 11 is 0. The number of nitrogens with one attached hydrogen (secondary N) is 1. The Balaban J connectivity index is 1.56. The molecule has 156 valence electrons. The lowest BCUT2D eigenvalue weighted by atomic mass is 9.86. The molecule has 5 heteroatoms. The van der Waals surface area contributed by atoms with Crippen LogP contribution in [0.15, 0.2) is 30.3 Å². The van der Waals surface area contributed by atoms with Crippen molar-refractivity contribution < 1.29 is 9.53 Å². The van der Waals surface area contributed by atoms with Gasteiger partial charge in [0.1, 0.15) is 0 Å². The van der Waals surface area contributed by atoms with Crippen molar-refractivity contribution in [2.75, 3.05) is 0 Å². The first-order valence-electron chi connectivity index (χ1n) is 11.0. The molecule has 1 aromatic heterocycles. The van der Waals surface area contributed by atoms with E-state index < -0.39 is 0 Å². The molecule has 1 saturated heterocycles. The van der Waals surface area contributed by atoms with Gasteiger partial charge in [-0.3, -0.25) is 4.79 Å². The minimum absolute atomic E-state index is 0.00983. The Morgan fingerprint density at radius 2 is 2.10 bits per heavy atom. The summed E-state index contributed by atoms with van der Waals surface area (Å²) in [4.78, 5) is 12.5. The van der Waals surface area contributed by atoms with Crippen LogP contribution in [0, 0.1) is 25.7 Å². The van der Waals surface area contributed by atoms with Crippen LogP contribution < -0.4 is 5.32 Å². The first-order chi connectivity index (χ1) is 13.9. The smallest absolute Gasteiger partial charge is 0.220 e. The predicted molar refractivity (Wildman–Crippen MR) is 114 cm³/mol. The SMILES string of the molecule is Cc1cc(C)n(-c2cccc([C@H]3C[C@@H](NC(=O)CC(C)C)[C@@H]4CCC[C@H]4O3)c2)n1. The van der Waals surface area contributed by atoms with E-state index in [-0.39, 0.29) is 24.2 Å². The molecule has 0 unspecified atom stereocenters. The van der Waals surface area contributed by atoms with E-state index in [0.717, 1.165) is 36.3 Å². The van der Waals surface area contributed by atoms with Gasteiger partial charge in [0.15, 0.2) is 0 Å². The fourth-order valence-corrected chi connectivity index (χ4v) is 5.02. The van der Waals surface area contributed by atoms with Crippen LogP contribution in [0.4, 0.5) is 0 Å². The molecule has 4 rings (SSSR count). The summed E-state index contributed by atoms with van der Waals surface area (Å²) in [7, 11) is 0. The highest BCUT2D eigenvalue weighted by molar-refractivity contribution is 5.76. The van der Waals surface area contributed by atoms with Gasteiger partial charge in [-0.25, -0.2) is 4.68 Å². The van der Waals surface area contributed by atoms with Crippen LogP contribution in [0.2, 0.25) is 0 Å². The van der Waals surface area contributed by atoms with E-state index in [0.29, 0.717) is 18.3 Å². The number of aromatic nitrogens is 2. The molecule has 29 heavy (non-hydrogen) atoms. The molecular formula is C24H33N3O2. The number of rotatable bonds is 5. The number of hydrogen-bond donors (Lipinski definition) is 1. The van der Waals surface area contributed by atoms with Crippen molar-refractivity contribution >= 4 is 5.91 Å². The standard InChI is InChI=1S/C24H33N3O2/c1-15(2)11-24(28)25-21-14-23(29-22-10-6-9-20(21)22)18-7-5-8-19(13-18)27-17(4)12-16(3)26-27/h5,7-8,12-13,15,20-23H,6,9-11,14H2,1-4H3,(H,25,28)/t20-,21+,22+,23+/m0/s1. The molecule has 2 fully saturated rings. The van der Waals surface area contributed by atoms with Crippen molar-refractivity contribution in [3.05, 3.63) is 47.3 Å². The second-order valence-corrected chi connectivity index (χ2v) is 9.20. The number of hydrogen-bond acceptors (Lipinski definition) is 3. The number of nitrogens with zero attached hydrogens (tertiary/aromatic N) is 2. The van der Waals surface area contributed by atoms with Gasteiger partial charge >= 0.3 is 0 Å². The molecule has 0 radical (unpaired) electrons. The number of benzene rings is 1. The molecule has 5 nitrogen and oxygen atoms in total. The molecule has 2 aliphatic rings. The molecule has 0 bridgehead atoms. The number of aryl methyl sites for hydroxylation is 2. The quantitative estimate of drug-likeness (QED) is 0.802. The number of ether oxygens (including phenoxy) is 1. The summed E-state index contributed by atoms with van der Waals surface area (Å²) in [5.41, 5.74) is 4.37. The Kier molecular flexibility index (Phi) is 5.77. The highest BCUT2D eigenvalue weighted by Crippen LogP contribution is 2.42. The maximum atomic E-state index is 12.5. The average molecular weight is 396 g/mol. The van der Waals surface area contributed by atoms with Gasteiger partial charge in [0.2, 0.25) is 5.91 Å². The molecule has 1 N–H and O–H groups in total. The molecule has 1 aliphatic heterocycles. The van der Waals surface area contributed by atoms with Crippen LogP contribution in [-0.4, -0.2) is 27.8 Å². The highest BCUT2D eigenvalue weighted by Gasteiger charge is 2.42. The van der Waals surface area contributed by atoms with E-state index in [1.54, 1.807) is 0 Å². The third-order valence-corrected chi connectivity index (χ3v) is 6.26. The second-order valence-electron chi connectivity index (χ2n) is 9.20. The van der Waals surface area contributed by atoms with E-state index in [2.05, 4.69) is 61.5 Å². The largest absolute Gasteiger partial charge is 0.370 e. The van der Waals surface area contributed by atoms with Gasteiger partial charge in [-0.15, -0.1) is 0 Å². The third kappa shape index (κ3) is 4.40. The molecule has 2 heterocycles. The molecule has 2 aromatic rings. The summed E-state index contributed by atoms with van der Waals surface area (Å²) in [6.45, 7) is 8.28. The van der Waals surface area contributed by atoms with Crippen LogP contribution in [0.1, 0.15) is 69.0 Å². The normalized spacial score (nSPS) is 26.5. The topological polar surface area (TPSA) is 56.2 Å². The van der Waals surface area contributed by atoms with Crippen molar-refractivity contribution in [2.24, 2.45) is 11.8 Å². The monoisotopic (exact) mass is 395 g/mol. The van der Waals surface area contributed by atoms with Crippen molar-refractivity contribution in [1.82, 2.24) is 15.1 Å². The van der Waals surface area contributed by atoms with E-state index in [1.165, 1.54) is 12.0 Å². The lowest BCUT2D eigenvalue weighted by molar-refractivity contribution is -0.127. The summed E-state index contributed by atoms with van der Waals surface area (Å²) in [5.74, 6) is 0.997. The fourth-order valence-electron chi connectivity index (χ4n) is 5.02. The lowest BCUT2D eigenvalue weighted by Crippen LogP contribution is -2.48. The molecule has 0 spiro atoms. The van der Waals surface area contributed by atoms with E-state index in [1.807, 2.05) is 11.6 Å². The van der Waals surface area contributed by atoms with Crippen LogP contribution >= 0.6 is 0 Å². The number of amides is 1. The minimum Gasteiger partial charge on any atom is -0.370 e. The summed E-state index contributed by atoms with van der Waals surface area (Å²) in [6.07, 6.45) is 5.11. The first kappa shape index (κ1) is 20.1. The minimum atomic E-state index is 0.00983. The maximum Gasteiger partial charge on any atom is 0.220 e. The molecule has 4 atom stereocenters. The molecule has 1 saturated carbocycles.